The van der Waals surface area contributed by atoms with Gasteiger partial charge in [-0.2, -0.15) is 4.31 Å². The molecule has 0 saturated heterocycles. The number of halogens is 1. The van der Waals surface area contributed by atoms with Gasteiger partial charge in [-0.25, -0.2) is 8.42 Å². The second-order valence-corrected chi connectivity index (χ2v) is 7.21. The number of nitrogens with zero attached hydrogens (tertiary/aromatic N) is 1. The van der Waals surface area contributed by atoms with Gasteiger partial charge in [-0.3, -0.25) is 0 Å². The molecule has 0 atom stereocenters. The van der Waals surface area contributed by atoms with Gasteiger partial charge in [-0.05, 0) is 46.5 Å². The van der Waals surface area contributed by atoms with E-state index in [4.69, 9.17) is 0 Å². The lowest BCUT2D eigenvalue weighted by Crippen LogP contribution is -2.34. The van der Waals surface area contributed by atoms with Gasteiger partial charge < -0.3 is 5.11 Å². The van der Waals surface area contributed by atoms with Crippen molar-refractivity contribution in [3.63, 3.8) is 0 Å². The summed E-state index contributed by atoms with van der Waals surface area (Å²) >= 11 is 3.34. The Hall–Kier alpha value is -0.690. The molecule has 1 N–H and O–H groups in total. The smallest absolute Gasteiger partial charge is 0.244 e. The van der Waals surface area contributed by atoms with Crippen LogP contribution >= 0.6 is 15.9 Å². The zero-order chi connectivity index (χ0) is 14.0. The first kappa shape index (κ1) is 14.7. The van der Waals surface area contributed by atoms with Crippen molar-refractivity contribution in [1.29, 1.82) is 0 Å². The van der Waals surface area contributed by atoms with Gasteiger partial charge in [0.25, 0.3) is 0 Å². The van der Waals surface area contributed by atoms with Crippen LogP contribution in [0.3, 0.4) is 0 Å². The van der Waals surface area contributed by atoms with E-state index in [1.54, 1.807) is 6.07 Å². The highest BCUT2D eigenvalue weighted by Crippen LogP contribution is 2.30. The molecule has 0 aromatic heterocycles. The molecule has 0 aliphatic carbocycles. The van der Waals surface area contributed by atoms with Crippen LogP contribution in [-0.2, 0) is 16.6 Å². The second-order valence-electron chi connectivity index (χ2n) is 4.51. The van der Waals surface area contributed by atoms with Gasteiger partial charge in [0.2, 0.25) is 10.0 Å². The van der Waals surface area contributed by atoms with Gasteiger partial charge in [0.05, 0.1) is 11.5 Å². The highest BCUT2D eigenvalue weighted by Gasteiger charge is 2.27. The summed E-state index contributed by atoms with van der Waals surface area (Å²) < 4.78 is 27.2. The third kappa shape index (κ3) is 2.91. The second kappa shape index (κ2) is 5.75. The Labute approximate surface area is 121 Å². The Balaban J connectivity index is 2.50. The summed E-state index contributed by atoms with van der Waals surface area (Å²) in [6.07, 6.45) is 4.57. The molecule has 0 radical (unpaired) electrons. The maximum atomic E-state index is 12.6. The largest absolute Gasteiger partial charge is 0.392 e. The molecule has 6 heteroatoms. The molecule has 1 aliphatic heterocycles. The molecular weight excluding hydrogens is 330 g/mol. The first-order valence-electron chi connectivity index (χ1n) is 6.02. The minimum absolute atomic E-state index is 0.170. The lowest BCUT2D eigenvalue weighted by atomic mass is 10.1. The van der Waals surface area contributed by atoms with Crippen LogP contribution in [0.1, 0.15) is 17.5 Å². The fourth-order valence-electron chi connectivity index (χ4n) is 2.07. The number of sulfonamides is 1. The maximum absolute atomic E-state index is 12.6. The van der Waals surface area contributed by atoms with Crippen LogP contribution < -0.4 is 0 Å². The van der Waals surface area contributed by atoms with Gasteiger partial charge >= 0.3 is 0 Å². The molecule has 1 heterocycles. The quantitative estimate of drug-likeness (QED) is 0.854. The molecule has 1 aliphatic rings. The van der Waals surface area contributed by atoms with Crippen molar-refractivity contribution in [3.8, 4) is 0 Å². The van der Waals surface area contributed by atoms with Gasteiger partial charge in [0, 0.05) is 17.6 Å². The van der Waals surface area contributed by atoms with E-state index in [1.165, 1.54) is 10.4 Å². The van der Waals surface area contributed by atoms with E-state index in [2.05, 4.69) is 15.9 Å². The molecule has 0 bridgehead atoms. The molecule has 0 saturated carbocycles. The molecule has 2 rings (SSSR count). The fourth-order valence-corrected chi connectivity index (χ4v) is 4.50. The Bertz CT molecular complexity index is 611. The van der Waals surface area contributed by atoms with E-state index < -0.39 is 10.0 Å². The van der Waals surface area contributed by atoms with Crippen molar-refractivity contribution in [2.75, 3.05) is 13.1 Å². The molecular formula is C13H16BrNO3S. The summed E-state index contributed by atoms with van der Waals surface area (Å²) in [4.78, 5) is 0.229. The van der Waals surface area contributed by atoms with Crippen LogP contribution in [0.5, 0.6) is 0 Å². The topological polar surface area (TPSA) is 57.6 Å². The normalized spacial score (nSPS) is 16.8. The maximum Gasteiger partial charge on any atom is 0.244 e. The van der Waals surface area contributed by atoms with Crippen molar-refractivity contribution < 1.29 is 13.5 Å². The molecule has 1 aromatic carbocycles. The molecule has 0 fully saturated rings. The number of hydrogen-bond acceptors (Lipinski definition) is 3. The average molecular weight is 346 g/mol. The summed E-state index contributed by atoms with van der Waals surface area (Å²) in [7, 11) is -3.52. The van der Waals surface area contributed by atoms with Crippen LogP contribution in [0, 0.1) is 6.92 Å². The van der Waals surface area contributed by atoms with Crippen LogP contribution in [-0.4, -0.2) is 30.9 Å². The van der Waals surface area contributed by atoms with E-state index >= 15 is 0 Å². The number of benzene rings is 1. The van der Waals surface area contributed by atoms with E-state index in [1.807, 2.05) is 19.1 Å². The average Bonchev–Trinajstić information content (AvgIpc) is 2.42. The predicted octanol–water partition coefficient (Wildman–Crippen LogP) is 2.20. The highest BCUT2D eigenvalue weighted by atomic mass is 79.9. The number of hydrogen-bond donors (Lipinski definition) is 1. The predicted molar refractivity (Wildman–Crippen MR) is 77.3 cm³/mol. The van der Waals surface area contributed by atoms with Crippen LogP contribution in [0.4, 0.5) is 0 Å². The summed E-state index contributed by atoms with van der Waals surface area (Å²) in [5.74, 6) is 0. The molecule has 1 aromatic rings. The van der Waals surface area contributed by atoms with E-state index in [-0.39, 0.29) is 11.5 Å². The fraction of sp³-hybridized carbons (Fsp3) is 0.385. The minimum atomic E-state index is -3.52. The van der Waals surface area contributed by atoms with Crippen molar-refractivity contribution in [3.05, 3.63) is 39.9 Å². The van der Waals surface area contributed by atoms with Crippen molar-refractivity contribution in [2.45, 2.75) is 24.8 Å². The Kier molecular flexibility index (Phi) is 4.45. The van der Waals surface area contributed by atoms with Crippen LogP contribution in [0.15, 0.2) is 33.7 Å². The highest BCUT2D eigenvalue weighted by molar-refractivity contribution is 9.10. The monoisotopic (exact) mass is 345 g/mol. The van der Waals surface area contributed by atoms with E-state index in [0.717, 1.165) is 12.0 Å². The van der Waals surface area contributed by atoms with Gasteiger partial charge in [-0.15, -0.1) is 0 Å². The SMILES string of the molecule is Cc1cc(CO)cc(S(=O)(=O)N2CC=CCC2)c1Br. The number of aryl methyl sites for hydroxylation is 1. The Morgan fingerprint density at radius 2 is 2.11 bits per heavy atom. The van der Waals surface area contributed by atoms with Gasteiger partial charge in [0.1, 0.15) is 0 Å². The van der Waals surface area contributed by atoms with Gasteiger partial charge in [-0.1, -0.05) is 18.2 Å². The molecule has 0 amide bonds. The number of aliphatic hydroxyl groups is 1. The van der Waals surface area contributed by atoms with E-state index in [0.29, 0.717) is 23.1 Å². The Morgan fingerprint density at radius 1 is 1.37 bits per heavy atom. The zero-order valence-electron chi connectivity index (χ0n) is 10.6. The zero-order valence-corrected chi connectivity index (χ0v) is 13.0. The molecule has 0 unspecified atom stereocenters. The Morgan fingerprint density at radius 3 is 2.68 bits per heavy atom. The first-order valence-corrected chi connectivity index (χ1v) is 8.25. The molecule has 19 heavy (non-hydrogen) atoms. The van der Waals surface area contributed by atoms with Crippen molar-refractivity contribution in [1.82, 2.24) is 4.31 Å². The summed E-state index contributed by atoms with van der Waals surface area (Å²) in [5.41, 5.74) is 1.41. The van der Waals surface area contributed by atoms with Crippen molar-refractivity contribution in [2.24, 2.45) is 0 Å². The summed E-state index contributed by atoms with van der Waals surface area (Å²) in [6.45, 7) is 2.54. The number of aliphatic hydroxyl groups excluding tert-OH is 1. The summed E-state index contributed by atoms with van der Waals surface area (Å²) in [5, 5.41) is 9.22. The number of rotatable bonds is 3. The first-order chi connectivity index (χ1) is 8.96. The van der Waals surface area contributed by atoms with E-state index in [9.17, 15) is 13.5 Å². The van der Waals surface area contributed by atoms with Crippen LogP contribution in [0.25, 0.3) is 0 Å². The standard InChI is InChI=1S/C13H16BrNO3S/c1-10-7-11(9-16)8-12(13(10)14)19(17,18)15-5-3-2-4-6-15/h2-3,7-8,16H,4-6,9H2,1H3. The summed E-state index contributed by atoms with van der Waals surface area (Å²) in [6, 6.07) is 3.31. The minimum Gasteiger partial charge on any atom is -0.392 e. The molecule has 104 valence electrons. The van der Waals surface area contributed by atoms with Crippen LogP contribution in [0.2, 0.25) is 0 Å². The lowest BCUT2D eigenvalue weighted by molar-refractivity contribution is 0.281. The molecule has 4 nitrogen and oxygen atoms in total. The lowest BCUT2D eigenvalue weighted by Gasteiger charge is -2.24. The molecule has 0 spiro atoms. The third-order valence-electron chi connectivity index (χ3n) is 3.10. The third-order valence-corrected chi connectivity index (χ3v) is 6.31. The van der Waals surface area contributed by atoms with Gasteiger partial charge in [0.15, 0.2) is 0 Å². The van der Waals surface area contributed by atoms with Crippen molar-refractivity contribution >= 4 is 26.0 Å².